The number of carbonyl (C=O) groups excluding carboxylic acids is 2. The molecule has 9 heteroatoms. The number of nitrogens with zero attached hydrogens (tertiary/aromatic N) is 2. The van der Waals surface area contributed by atoms with E-state index in [1.807, 2.05) is 6.92 Å². The zero-order valence-electron chi connectivity index (χ0n) is 17.3. The first-order valence-corrected chi connectivity index (χ1v) is 10.2. The Hall–Kier alpha value is -2.39. The molecule has 29 heavy (non-hydrogen) atoms. The molecular weight excluding hydrogens is 374 g/mol. The van der Waals surface area contributed by atoms with Crippen molar-refractivity contribution >= 4 is 12.0 Å². The van der Waals surface area contributed by atoms with Gasteiger partial charge in [0.15, 0.2) is 0 Å². The number of pyridine rings is 1. The van der Waals surface area contributed by atoms with Gasteiger partial charge in [-0.25, -0.2) is 15.2 Å². The Labute approximate surface area is 171 Å². The van der Waals surface area contributed by atoms with E-state index in [4.69, 9.17) is 9.47 Å². The van der Waals surface area contributed by atoms with Crippen LogP contribution < -0.4 is 20.9 Å². The number of hydrazine groups is 1. The van der Waals surface area contributed by atoms with Crippen molar-refractivity contribution in [1.82, 2.24) is 26.1 Å². The van der Waals surface area contributed by atoms with E-state index in [0.717, 1.165) is 31.2 Å². The van der Waals surface area contributed by atoms with E-state index in [0.29, 0.717) is 18.3 Å². The highest BCUT2D eigenvalue weighted by Crippen LogP contribution is 2.33. The number of methoxy groups -OCH3 is 1. The summed E-state index contributed by atoms with van der Waals surface area (Å²) in [6, 6.07) is 3.81. The van der Waals surface area contributed by atoms with Crippen LogP contribution >= 0.6 is 0 Å². The van der Waals surface area contributed by atoms with E-state index in [1.54, 1.807) is 37.4 Å². The lowest BCUT2D eigenvalue weighted by molar-refractivity contribution is -0.121. The lowest BCUT2D eigenvalue weighted by Gasteiger charge is -2.20. The summed E-state index contributed by atoms with van der Waals surface area (Å²) in [6.45, 7) is 2.56. The van der Waals surface area contributed by atoms with Gasteiger partial charge in [-0.3, -0.25) is 10.2 Å². The third-order valence-corrected chi connectivity index (χ3v) is 5.69. The maximum absolute atomic E-state index is 12.4. The lowest BCUT2D eigenvalue weighted by atomic mass is 9.96. The molecule has 2 aliphatic rings. The largest absolute Gasteiger partial charge is 0.481 e. The summed E-state index contributed by atoms with van der Waals surface area (Å²) < 4.78 is 10.7. The first-order valence-electron chi connectivity index (χ1n) is 10.2. The van der Waals surface area contributed by atoms with E-state index in [2.05, 4.69) is 21.2 Å². The fourth-order valence-corrected chi connectivity index (χ4v) is 3.89. The topological polar surface area (TPSA) is 105 Å². The molecule has 2 amide bonds. The van der Waals surface area contributed by atoms with Gasteiger partial charge < -0.3 is 19.7 Å². The molecule has 0 aromatic carbocycles. The van der Waals surface area contributed by atoms with Crippen LogP contribution in [0.5, 0.6) is 5.88 Å². The van der Waals surface area contributed by atoms with Crippen molar-refractivity contribution in [3.05, 3.63) is 23.9 Å². The van der Waals surface area contributed by atoms with Crippen molar-refractivity contribution in [2.75, 3.05) is 20.7 Å². The fourth-order valence-electron chi connectivity index (χ4n) is 3.89. The Morgan fingerprint density at radius 1 is 1.31 bits per heavy atom. The van der Waals surface area contributed by atoms with Crippen molar-refractivity contribution in [2.24, 2.45) is 5.92 Å². The van der Waals surface area contributed by atoms with Crippen molar-refractivity contribution in [3.8, 4) is 5.88 Å². The molecule has 1 aromatic heterocycles. The van der Waals surface area contributed by atoms with Gasteiger partial charge in [0.25, 0.3) is 0 Å². The van der Waals surface area contributed by atoms with Crippen LogP contribution in [0.4, 0.5) is 4.79 Å². The predicted molar refractivity (Wildman–Crippen MR) is 107 cm³/mol. The quantitative estimate of drug-likeness (QED) is 0.626. The van der Waals surface area contributed by atoms with Crippen LogP contribution in [0.15, 0.2) is 18.3 Å². The zero-order valence-corrected chi connectivity index (χ0v) is 17.3. The number of rotatable bonds is 7. The maximum atomic E-state index is 12.4. The maximum Gasteiger partial charge on any atom is 0.409 e. The first-order chi connectivity index (χ1) is 14.0. The standard InChI is InChI=1S/C20H31N5O4/c1-4-25(2)20(27)29-15-6-5-14(11-15)16-12-17(24-23-16)22-18(26)9-13-7-8-21-19(10-13)28-3/h7-8,10,14-17,23-24H,4-6,9,11-12H2,1-3H3,(H,22,26)/t14-,15+,16?,17?/m0/s1. The number of amides is 2. The van der Waals surface area contributed by atoms with Crippen molar-refractivity contribution in [3.63, 3.8) is 0 Å². The Kier molecular flexibility index (Phi) is 7.27. The number of hydrogen-bond donors (Lipinski definition) is 3. The predicted octanol–water partition coefficient (Wildman–Crippen LogP) is 1.20. The molecule has 2 heterocycles. The van der Waals surface area contributed by atoms with Crippen molar-refractivity contribution in [1.29, 1.82) is 0 Å². The number of aromatic nitrogens is 1. The van der Waals surface area contributed by atoms with Gasteiger partial charge >= 0.3 is 6.09 Å². The summed E-state index contributed by atoms with van der Waals surface area (Å²) in [7, 11) is 3.30. The van der Waals surface area contributed by atoms with Crippen LogP contribution in [0.3, 0.4) is 0 Å². The number of nitrogens with one attached hydrogen (secondary N) is 3. The minimum Gasteiger partial charge on any atom is -0.481 e. The van der Waals surface area contributed by atoms with Gasteiger partial charge in [-0.05, 0) is 50.2 Å². The minimum absolute atomic E-state index is 0.0291. The van der Waals surface area contributed by atoms with Gasteiger partial charge in [-0.15, -0.1) is 0 Å². The van der Waals surface area contributed by atoms with E-state index >= 15 is 0 Å². The second-order valence-corrected chi connectivity index (χ2v) is 7.73. The molecule has 1 aromatic rings. The summed E-state index contributed by atoms with van der Waals surface area (Å²) in [5.74, 6) is 0.857. The van der Waals surface area contributed by atoms with Crippen LogP contribution in [0.25, 0.3) is 0 Å². The lowest BCUT2D eigenvalue weighted by Crippen LogP contribution is -2.45. The molecule has 0 radical (unpaired) electrons. The number of ether oxygens (including phenoxy) is 2. The summed E-state index contributed by atoms with van der Waals surface area (Å²) in [6.07, 6.45) is 5.03. The van der Waals surface area contributed by atoms with E-state index < -0.39 is 0 Å². The third-order valence-electron chi connectivity index (χ3n) is 5.69. The van der Waals surface area contributed by atoms with Gasteiger partial charge in [0.05, 0.1) is 19.7 Å². The van der Waals surface area contributed by atoms with Gasteiger partial charge in [0, 0.05) is 31.9 Å². The normalized spacial score (nSPS) is 26.2. The highest BCUT2D eigenvalue weighted by atomic mass is 16.6. The number of hydrogen-bond acceptors (Lipinski definition) is 7. The summed E-state index contributed by atoms with van der Waals surface area (Å²) in [5, 5.41) is 3.02. The first kappa shape index (κ1) is 21.3. The fraction of sp³-hybridized carbons (Fsp3) is 0.650. The molecule has 9 nitrogen and oxygen atoms in total. The van der Waals surface area contributed by atoms with E-state index in [-0.39, 0.29) is 36.7 Å². The SMILES string of the molecule is CCN(C)C(=O)O[C@@H]1CC[C@H](C2CC(NC(=O)Cc3ccnc(OC)c3)NN2)C1. The molecule has 0 bridgehead atoms. The zero-order chi connectivity index (χ0) is 20.8. The monoisotopic (exact) mass is 405 g/mol. The Bertz CT molecular complexity index is 716. The molecule has 1 saturated heterocycles. The second kappa shape index (κ2) is 9.89. The van der Waals surface area contributed by atoms with E-state index in [1.165, 1.54) is 0 Å². The Balaban J connectivity index is 1.42. The Morgan fingerprint density at radius 2 is 2.14 bits per heavy atom. The molecule has 2 fully saturated rings. The molecule has 2 unspecified atom stereocenters. The van der Waals surface area contributed by atoms with Gasteiger partial charge in [0.1, 0.15) is 6.10 Å². The molecule has 3 N–H and O–H groups in total. The van der Waals surface area contributed by atoms with Crippen LogP contribution in [-0.2, 0) is 16.0 Å². The molecular formula is C20H31N5O4. The summed E-state index contributed by atoms with van der Waals surface area (Å²) in [4.78, 5) is 29.9. The van der Waals surface area contributed by atoms with Gasteiger partial charge in [0.2, 0.25) is 11.8 Å². The average molecular weight is 405 g/mol. The minimum atomic E-state index is -0.256. The van der Waals surface area contributed by atoms with Gasteiger partial charge in [-0.2, -0.15) is 0 Å². The Morgan fingerprint density at radius 3 is 2.90 bits per heavy atom. The average Bonchev–Trinajstić information content (AvgIpc) is 3.36. The van der Waals surface area contributed by atoms with Crippen LogP contribution in [0, 0.1) is 5.92 Å². The van der Waals surface area contributed by atoms with Crippen LogP contribution in [-0.4, -0.2) is 60.9 Å². The van der Waals surface area contributed by atoms with E-state index in [9.17, 15) is 9.59 Å². The summed E-state index contributed by atoms with van der Waals surface area (Å²) in [5.41, 5.74) is 7.32. The number of carbonyl (C=O) groups is 2. The molecule has 160 valence electrons. The highest BCUT2D eigenvalue weighted by Gasteiger charge is 2.37. The highest BCUT2D eigenvalue weighted by molar-refractivity contribution is 5.78. The van der Waals surface area contributed by atoms with Crippen LogP contribution in [0.2, 0.25) is 0 Å². The molecule has 0 spiro atoms. The molecule has 1 aliphatic heterocycles. The van der Waals surface area contributed by atoms with Gasteiger partial charge in [-0.1, -0.05) is 0 Å². The molecule has 1 aliphatic carbocycles. The molecule has 3 rings (SSSR count). The van der Waals surface area contributed by atoms with Crippen molar-refractivity contribution in [2.45, 2.75) is 57.3 Å². The molecule has 4 atom stereocenters. The summed E-state index contributed by atoms with van der Waals surface area (Å²) >= 11 is 0. The second-order valence-electron chi connectivity index (χ2n) is 7.73. The third kappa shape index (κ3) is 5.80. The molecule has 1 saturated carbocycles. The van der Waals surface area contributed by atoms with Crippen molar-refractivity contribution < 1.29 is 19.1 Å². The smallest absolute Gasteiger partial charge is 0.409 e. The van der Waals surface area contributed by atoms with Crippen LogP contribution in [0.1, 0.15) is 38.2 Å².